The van der Waals surface area contributed by atoms with Crippen LogP contribution in [0.15, 0.2) is 4.42 Å². The van der Waals surface area contributed by atoms with Gasteiger partial charge < -0.3 is 14.5 Å². The number of nitrogens with zero attached hydrogens (tertiary/aromatic N) is 2. The first-order chi connectivity index (χ1) is 8.66. The highest BCUT2D eigenvalue weighted by Crippen LogP contribution is 2.15. The van der Waals surface area contributed by atoms with Crippen LogP contribution in [0.5, 0.6) is 0 Å². The van der Waals surface area contributed by atoms with E-state index in [1.165, 1.54) is 0 Å². The number of ether oxygens (including phenoxy) is 1. The van der Waals surface area contributed by atoms with Gasteiger partial charge in [-0.3, -0.25) is 0 Å². The van der Waals surface area contributed by atoms with Gasteiger partial charge in [0.05, 0.1) is 0 Å². The Balaban J connectivity index is 2.28. The van der Waals surface area contributed by atoms with Crippen molar-refractivity contribution in [1.29, 1.82) is 0 Å². The summed E-state index contributed by atoms with van der Waals surface area (Å²) in [5.41, 5.74) is -0.0152. The molecule has 1 aromatic heterocycles. The molecule has 0 aromatic carbocycles. The van der Waals surface area contributed by atoms with E-state index in [4.69, 9.17) is 4.42 Å². The maximum absolute atomic E-state index is 11.8. The molecule has 1 N–H and O–H groups in total. The number of hydrogen-bond acceptors (Lipinski definition) is 5. The predicted octanol–water partition coefficient (Wildman–Crippen LogP) is 2.08. The predicted molar refractivity (Wildman–Crippen MR) is 61.5 cm³/mol. The molecule has 0 fully saturated rings. The molecule has 0 spiro atoms. The van der Waals surface area contributed by atoms with Gasteiger partial charge in [0, 0.05) is 18.5 Å². The second kappa shape index (κ2) is 6.33. The zero-order chi connectivity index (χ0) is 14.5. The molecule has 0 aliphatic heterocycles. The van der Waals surface area contributed by atoms with Crippen molar-refractivity contribution in [2.75, 3.05) is 13.2 Å². The average Bonchev–Trinajstić information content (AvgIpc) is 2.62. The molecule has 1 heterocycles. The van der Waals surface area contributed by atoms with Gasteiger partial charge in [-0.25, -0.2) is 0 Å². The van der Waals surface area contributed by atoms with E-state index in [1.807, 2.05) is 20.8 Å². The van der Waals surface area contributed by atoms with Gasteiger partial charge in [0.1, 0.15) is 13.2 Å². The first-order valence-electron chi connectivity index (χ1n) is 5.86. The van der Waals surface area contributed by atoms with Crippen molar-refractivity contribution in [3.8, 4) is 0 Å². The Hall–Kier alpha value is -1.15. The van der Waals surface area contributed by atoms with E-state index in [0.29, 0.717) is 18.9 Å². The van der Waals surface area contributed by atoms with Gasteiger partial charge in [-0.2, -0.15) is 13.2 Å². The molecule has 1 rings (SSSR count). The summed E-state index contributed by atoms with van der Waals surface area (Å²) in [4.78, 5) is 0. The van der Waals surface area contributed by atoms with E-state index < -0.39 is 12.8 Å². The zero-order valence-corrected chi connectivity index (χ0v) is 11.2. The minimum atomic E-state index is -4.35. The maximum Gasteiger partial charge on any atom is 0.411 e. The summed E-state index contributed by atoms with van der Waals surface area (Å²) >= 11 is 0. The third kappa shape index (κ3) is 7.78. The van der Waals surface area contributed by atoms with Gasteiger partial charge in [0.2, 0.25) is 11.8 Å². The molecular weight excluding hydrogens is 263 g/mol. The molecule has 0 atom stereocenters. The van der Waals surface area contributed by atoms with Crippen LogP contribution in [0.25, 0.3) is 0 Å². The lowest BCUT2D eigenvalue weighted by Gasteiger charge is -2.19. The Morgan fingerprint density at radius 1 is 1.16 bits per heavy atom. The van der Waals surface area contributed by atoms with Crippen molar-refractivity contribution in [3.63, 3.8) is 0 Å². The molecule has 1 aromatic rings. The molecule has 0 radical (unpaired) electrons. The van der Waals surface area contributed by atoms with E-state index in [1.54, 1.807) is 0 Å². The summed E-state index contributed by atoms with van der Waals surface area (Å²) in [6.45, 7) is 5.07. The van der Waals surface area contributed by atoms with Crippen LogP contribution in [0, 0.1) is 0 Å². The fraction of sp³-hybridized carbons (Fsp3) is 0.818. The Bertz CT molecular complexity index is 351. The Morgan fingerprint density at radius 2 is 1.79 bits per heavy atom. The minimum Gasteiger partial charge on any atom is -0.423 e. The fourth-order valence-corrected chi connectivity index (χ4v) is 1.25. The molecule has 0 saturated carbocycles. The molecule has 110 valence electrons. The van der Waals surface area contributed by atoms with Crippen molar-refractivity contribution in [1.82, 2.24) is 15.5 Å². The van der Waals surface area contributed by atoms with Gasteiger partial charge in [0.15, 0.2) is 0 Å². The molecule has 8 heteroatoms. The summed E-state index contributed by atoms with van der Waals surface area (Å²) in [6, 6.07) is 0. The number of rotatable bonds is 6. The van der Waals surface area contributed by atoms with E-state index in [-0.39, 0.29) is 18.0 Å². The van der Waals surface area contributed by atoms with Crippen molar-refractivity contribution in [2.24, 2.45) is 0 Å². The molecule has 0 aliphatic rings. The summed E-state index contributed by atoms with van der Waals surface area (Å²) in [7, 11) is 0. The third-order valence-corrected chi connectivity index (χ3v) is 1.99. The monoisotopic (exact) mass is 281 g/mol. The largest absolute Gasteiger partial charge is 0.423 e. The van der Waals surface area contributed by atoms with Crippen LogP contribution in [0.3, 0.4) is 0 Å². The Labute approximate surface area is 109 Å². The standard InChI is InChI=1S/C11H18F3N3O2/c1-10(2,3)15-5-4-8-16-17-9(19-8)6-18-7-11(12,13)14/h15H,4-7H2,1-3H3. The van der Waals surface area contributed by atoms with Gasteiger partial charge >= 0.3 is 6.18 Å². The number of alkyl halides is 3. The van der Waals surface area contributed by atoms with Gasteiger partial charge in [-0.15, -0.1) is 10.2 Å². The van der Waals surface area contributed by atoms with Crippen LogP contribution in [0.4, 0.5) is 13.2 Å². The van der Waals surface area contributed by atoms with Crippen LogP contribution >= 0.6 is 0 Å². The number of hydrogen-bond donors (Lipinski definition) is 1. The van der Waals surface area contributed by atoms with Crippen molar-refractivity contribution < 1.29 is 22.3 Å². The quantitative estimate of drug-likeness (QED) is 0.865. The molecule has 5 nitrogen and oxygen atoms in total. The molecule has 0 amide bonds. The van der Waals surface area contributed by atoms with Gasteiger partial charge in [0.25, 0.3) is 0 Å². The highest BCUT2D eigenvalue weighted by Gasteiger charge is 2.27. The fourth-order valence-electron chi connectivity index (χ4n) is 1.25. The Kier molecular flexibility index (Phi) is 5.30. The van der Waals surface area contributed by atoms with Crippen LogP contribution in [-0.2, 0) is 17.8 Å². The van der Waals surface area contributed by atoms with Crippen LogP contribution in [0.2, 0.25) is 0 Å². The van der Waals surface area contributed by atoms with E-state index in [2.05, 4.69) is 20.3 Å². The number of aromatic nitrogens is 2. The molecule has 0 aliphatic carbocycles. The van der Waals surface area contributed by atoms with Gasteiger partial charge in [-0.05, 0) is 20.8 Å². The third-order valence-electron chi connectivity index (χ3n) is 1.99. The highest BCUT2D eigenvalue weighted by molar-refractivity contribution is 4.82. The SMILES string of the molecule is CC(C)(C)NCCc1nnc(COCC(F)(F)F)o1. The minimum absolute atomic E-state index is 0.0152. The summed E-state index contributed by atoms with van der Waals surface area (Å²) in [6.07, 6.45) is -3.83. The van der Waals surface area contributed by atoms with Crippen LogP contribution < -0.4 is 5.32 Å². The number of nitrogens with one attached hydrogen (secondary N) is 1. The first kappa shape index (κ1) is 15.9. The van der Waals surface area contributed by atoms with E-state index in [0.717, 1.165) is 0 Å². The normalized spacial score (nSPS) is 12.9. The van der Waals surface area contributed by atoms with Crippen LogP contribution in [0.1, 0.15) is 32.6 Å². The molecule has 0 unspecified atom stereocenters. The lowest BCUT2D eigenvalue weighted by Crippen LogP contribution is -2.37. The molecule has 19 heavy (non-hydrogen) atoms. The smallest absolute Gasteiger partial charge is 0.411 e. The van der Waals surface area contributed by atoms with Crippen molar-refractivity contribution in [3.05, 3.63) is 11.8 Å². The van der Waals surface area contributed by atoms with E-state index >= 15 is 0 Å². The topological polar surface area (TPSA) is 60.2 Å². The maximum atomic E-state index is 11.8. The van der Waals surface area contributed by atoms with Crippen LogP contribution in [-0.4, -0.2) is 35.1 Å². The first-order valence-corrected chi connectivity index (χ1v) is 5.86. The zero-order valence-electron chi connectivity index (χ0n) is 11.2. The molecular formula is C11H18F3N3O2. The van der Waals surface area contributed by atoms with Crippen molar-refractivity contribution >= 4 is 0 Å². The Morgan fingerprint density at radius 3 is 2.37 bits per heavy atom. The highest BCUT2D eigenvalue weighted by atomic mass is 19.4. The van der Waals surface area contributed by atoms with Crippen molar-refractivity contribution in [2.45, 2.75) is 45.5 Å². The summed E-state index contributed by atoms with van der Waals surface area (Å²) in [5, 5.41) is 10.6. The summed E-state index contributed by atoms with van der Waals surface area (Å²) < 4.78 is 45.1. The lowest BCUT2D eigenvalue weighted by atomic mass is 10.1. The lowest BCUT2D eigenvalue weighted by molar-refractivity contribution is -0.177. The summed E-state index contributed by atoms with van der Waals surface area (Å²) in [5.74, 6) is 0.428. The number of halogens is 3. The average molecular weight is 281 g/mol. The molecule has 0 bridgehead atoms. The van der Waals surface area contributed by atoms with E-state index in [9.17, 15) is 13.2 Å². The molecule has 0 saturated heterocycles. The van der Waals surface area contributed by atoms with Gasteiger partial charge in [-0.1, -0.05) is 0 Å². The second-order valence-corrected chi connectivity index (χ2v) is 5.12. The second-order valence-electron chi connectivity index (χ2n) is 5.12.